The summed E-state index contributed by atoms with van der Waals surface area (Å²) in [6, 6.07) is 1.72. The van der Waals surface area contributed by atoms with Crippen molar-refractivity contribution in [3.63, 3.8) is 0 Å². The predicted octanol–water partition coefficient (Wildman–Crippen LogP) is 5.45. The smallest absolute Gasteiger partial charge is 0.290 e. The van der Waals surface area contributed by atoms with Gasteiger partial charge in [0.15, 0.2) is 0 Å². The zero-order chi connectivity index (χ0) is 21.6. The number of hydrogen-bond donors (Lipinski definition) is 2. The van der Waals surface area contributed by atoms with Crippen molar-refractivity contribution in [2.24, 2.45) is 0 Å². The molecule has 0 radical (unpaired) electrons. The van der Waals surface area contributed by atoms with Crippen molar-refractivity contribution in [1.82, 2.24) is 9.80 Å². The highest BCUT2D eigenvalue weighted by molar-refractivity contribution is 5.32. The molecule has 0 unspecified atom stereocenters. The first-order valence-electron chi connectivity index (χ1n) is 11.0. The van der Waals surface area contributed by atoms with E-state index >= 15 is 0 Å². The van der Waals surface area contributed by atoms with Gasteiger partial charge in [0.2, 0.25) is 0 Å². The van der Waals surface area contributed by atoms with E-state index in [-0.39, 0.29) is 13.1 Å². The Morgan fingerprint density at radius 2 is 1.55 bits per heavy atom. The number of carboxylic acid groups (broad SMARTS) is 1. The maximum absolute atomic E-state index is 8.37. The van der Waals surface area contributed by atoms with Crippen LogP contribution >= 0.6 is 0 Å². The van der Waals surface area contributed by atoms with Crippen molar-refractivity contribution in [2.75, 3.05) is 20.3 Å². The number of hydrogen-bond acceptors (Lipinski definition) is 5. The van der Waals surface area contributed by atoms with Crippen molar-refractivity contribution in [1.29, 1.82) is 0 Å². The molecule has 0 atom stereocenters. The minimum absolute atomic E-state index is 0.0660. The summed E-state index contributed by atoms with van der Waals surface area (Å²) in [5, 5.41) is 15.3. The van der Waals surface area contributed by atoms with Crippen LogP contribution in [0.4, 0.5) is 0 Å². The molecule has 2 heterocycles. The first-order valence-corrected chi connectivity index (χ1v) is 11.0. The van der Waals surface area contributed by atoms with E-state index in [1.807, 2.05) is 0 Å². The standard InChI is InChI=1S/C17H34N2.C5H6O2.CH2O2/c1-3-4-5-6-7-8-9-10-11-12-13-14-19-16-15-18(2)17-19;6-3-5-1-2-7-4-5;2-1-3/h15-16H,3-14,17H2,1-2H3;1-2,4,6H,3H2;1H,(H,2,3). The zero-order valence-corrected chi connectivity index (χ0v) is 18.5. The summed E-state index contributed by atoms with van der Waals surface area (Å²) in [5.74, 6) is 0. The Labute approximate surface area is 177 Å². The van der Waals surface area contributed by atoms with Gasteiger partial charge in [-0.25, -0.2) is 0 Å². The molecule has 6 nitrogen and oxygen atoms in total. The Morgan fingerprint density at radius 1 is 1.00 bits per heavy atom. The minimum atomic E-state index is -0.250. The third kappa shape index (κ3) is 17.9. The monoisotopic (exact) mass is 410 g/mol. The second-order valence-electron chi connectivity index (χ2n) is 7.44. The highest BCUT2D eigenvalue weighted by Crippen LogP contribution is 2.12. The van der Waals surface area contributed by atoms with Gasteiger partial charge >= 0.3 is 0 Å². The molecule has 2 rings (SSSR count). The quantitative estimate of drug-likeness (QED) is 0.333. The van der Waals surface area contributed by atoms with Gasteiger partial charge in [0.1, 0.15) is 0 Å². The molecule has 1 aromatic rings. The molecule has 0 saturated carbocycles. The summed E-state index contributed by atoms with van der Waals surface area (Å²) in [7, 11) is 2.14. The van der Waals surface area contributed by atoms with Gasteiger partial charge < -0.3 is 24.4 Å². The first kappa shape index (κ1) is 27.0. The van der Waals surface area contributed by atoms with Gasteiger partial charge in [-0.3, -0.25) is 4.79 Å². The van der Waals surface area contributed by atoms with Crippen LogP contribution in [0.15, 0.2) is 35.4 Å². The Kier molecular flexibility index (Phi) is 19.4. The van der Waals surface area contributed by atoms with Crippen LogP contribution in [0.5, 0.6) is 0 Å². The van der Waals surface area contributed by atoms with E-state index in [4.69, 9.17) is 15.0 Å². The maximum Gasteiger partial charge on any atom is 0.290 e. The first-order chi connectivity index (χ1) is 14.2. The number of rotatable bonds is 13. The third-order valence-corrected chi connectivity index (χ3v) is 4.75. The predicted molar refractivity (Wildman–Crippen MR) is 118 cm³/mol. The number of aliphatic hydroxyl groups is 1. The molecule has 1 aliphatic heterocycles. The molecule has 29 heavy (non-hydrogen) atoms. The Balaban J connectivity index is 0.000000643. The molecular weight excluding hydrogens is 368 g/mol. The minimum Gasteiger partial charge on any atom is -0.483 e. The fourth-order valence-electron chi connectivity index (χ4n) is 3.10. The number of carbonyl (C=O) groups is 1. The van der Waals surface area contributed by atoms with Crippen LogP contribution in [0.1, 0.15) is 83.1 Å². The fourth-order valence-corrected chi connectivity index (χ4v) is 3.10. The van der Waals surface area contributed by atoms with Crippen molar-refractivity contribution in [2.45, 2.75) is 84.2 Å². The zero-order valence-electron chi connectivity index (χ0n) is 18.5. The van der Waals surface area contributed by atoms with Crippen molar-refractivity contribution < 1.29 is 19.4 Å². The van der Waals surface area contributed by atoms with Crippen molar-refractivity contribution in [3.8, 4) is 0 Å². The molecule has 0 aromatic carbocycles. The van der Waals surface area contributed by atoms with Crippen LogP contribution in [-0.2, 0) is 11.4 Å². The fraction of sp³-hybridized carbons (Fsp3) is 0.696. The molecule has 2 N–H and O–H groups in total. The highest BCUT2D eigenvalue weighted by Gasteiger charge is 2.06. The number of nitrogens with zero attached hydrogens (tertiary/aromatic N) is 2. The van der Waals surface area contributed by atoms with Gasteiger partial charge in [0.05, 0.1) is 25.8 Å². The van der Waals surface area contributed by atoms with E-state index in [0.29, 0.717) is 0 Å². The van der Waals surface area contributed by atoms with Crippen LogP contribution in [0, 0.1) is 0 Å². The van der Waals surface area contributed by atoms with Crippen LogP contribution in [0.25, 0.3) is 0 Å². The van der Waals surface area contributed by atoms with E-state index in [0.717, 1.165) is 12.2 Å². The van der Waals surface area contributed by atoms with Gasteiger partial charge in [0.25, 0.3) is 6.47 Å². The molecule has 0 fully saturated rings. The lowest BCUT2D eigenvalue weighted by Gasteiger charge is -2.17. The Hall–Kier alpha value is -1.95. The Bertz CT molecular complexity index is 477. The van der Waals surface area contributed by atoms with E-state index in [2.05, 4.69) is 40.6 Å². The normalized spacial score (nSPS) is 12.2. The third-order valence-electron chi connectivity index (χ3n) is 4.75. The molecule has 1 aliphatic rings. The van der Waals surface area contributed by atoms with E-state index in [9.17, 15) is 0 Å². The lowest BCUT2D eigenvalue weighted by Crippen LogP contribution is -2.23. The molecule has 0 amide bonds. The lowest BCUT2D eigenvalue weighted by atomic mass is 10.1. The molecule has 6 heteroatoms. The van der Waals surface area contributed by atoms with E-state index in [1.165, 1.54) is 89.7 Å². The topological polar surface area (TPSA) is 77.2 Å². The summed E-state index contributed by atoms with van der Waals surface area (Å²) in [6.07, 6.45) is 23.2. The van der Waals surface area contributed by atoms with Gasteiger partial charge in [0, 0.05) is 31.6 Å². The average Bonchev–Trinajstić information content (AvgIpc) is 3.39. The molecule has 0 saturated heterocycles. The van der Waals surface area contributed by atoms with Gasteiger partial charge in [-0.05, 0) is 12.5 Å². The lowest BCUT2D eigenvalue weighted by molar-refractivity contribution is -0.122. The number of aliphatic hydroxyl groups excluding tert-OH is 1. The average molecular weight is 411 g/mol. The van der Waals surface area contributed by atoms with Crippen LogP contribution < -0.4 is 0 Å². The number of furan rings is 1. The highest BCUT2D eigenvalue weighted by atomic mass is 16.3. The van der Waals surface area contributed by atoms with Crippen LogP contribution in [0.2, 0.25) is 0 Å². The second kappa shape index (κ2) is 20.8. The molecule has 1 aromatic heterocycles. The van der Waals surface area contributed by atoms with Crippen molar-refractivity contribution in [3.05, 3.63) is 36.6 Å². The molecule has 168 valence electrons. The summed E-state index contributed by atoms with van der Waals surface area (Å²) in [4.78, 5) is 13.0. The molecular formula is C23H42N2O4. The second-order valence-corrected chi connectivity index (χ2v) is 7.44. The summed E-state index contributed by atoms with van der Waals surface area (Å²) < 4.78 is 4.65. The summed E-state index contributed by atoms with van der Waals surface area (Å²) in [6.45, 7) is 4.42. The van der Waals surface area contributed by atoms with Crippen LogP contribution in [0.3, 0.4) is 0 Å². The number of unbranched alkanes of at least 4 members (excludes halogenated alkanes) is 10. The molecule has 0 spiro atoms. The SMILES string of the molecule is CCCCCCCCCCCCCN1C=CN(C)C1.O=CO.OCc1ccoc1. The maximum atomic E-state index is 8.37. The Morgan fingerprint density at radius 3 is 1.93 bits per heavy atom. The van der Waals surface area contributed by atoms with Gasteiger partial charge in [-0.2, -0.15) is 0 Å². The van der Waals surface area contributed by atoms with E-state index in [1.54, 1.807) is 6.07 Å². The molecule has 0 aliphatic carbocycles. The van der Waals surface area contributed by atoms with Gasteiger partial charge in [-0.1, -0.05) is 71.1 Å². The van der Waals surface area contributed by atoms with Gasteiger partial charge in [-0.15, -0.1) is 0 Å². The van der Waals surface area contributed by atoms with Crippen LogP contribution in [-0.4, -0.2) is 46.7 Å². The summed E-state index contributed by atoms with van der Waals surface area (Å²) >= 11 is 0. The summed E-state index contributed by atoms with van der Waals surface area (Å²) in [5.41, 5.74) is 0.819. The largest absolute Gasteiger partial charge is 0.483 e. The van der Waals surface area contributed by atoms with Crippen molar-refractivity contribution >= 4 is 6.47 Å². The van der Waals surface area contributed by atoms with E-state index < -0.39 is 0 Å². The molecule has 0 bridgehead atoms.